The molecule has 1 aliphatic carbocycles. The van der Waals surface area contributed by atoms with E-state index in [0.717, 1.165) is 6.42 Å². The molecule has 0 bridgehead atoms. The summed E-state index contributed by atoms with van der Waals surface area (Å²) in [5, 5.41) is 0. The van der Waals surface area contributed by atoms with Gasteiger partial charge in [-0.2, -0.15) is 0 Å². The molecule has 15 heavy (non-hydrogen) atoms. The molecule has 0 radical (unpaired) electrons. The number of benzene rings is 1. The number of hydrogen-bond donors (Lipinski definition) is 1. The molecule has 0 unspecified atom stereocenters. The van der Waals surface area contributed by atoms with Gasteiger partial charge in [-0.25, -0.2) is 0 Å². The van der Waals surface area contributed by atoms with Crippen molar-refractivity contribution in [2.75, 3.05) is 19.0 Å². The molecule has 2 heteroatoms. The molecular weight excluding hydrogens is 184 g/mol. The van der Waals surface area contributed by atoms with E-state index in [4.69, 9.17) is 5.73 Å². The highest BCUT2D eigenvalue weighted by atomic mass is 15.1. The number of nitrogens with zero attached hydrogens (tertiary/aromatic N) is 1. The van der Waals surface area contributed by atoms with E-state index in [9.17, 15) is 0 Å². The van der Waals surface area contributed by atoms with Crippen molar-refractivity contribution in [1.29, 1.82) is 0 Å². The molecule has 2 rings (SSSR count). The molecule has 1 aromatic rings. The van der Waals surface area contributed by atoms with E-state index in [1.54, 1.807) is 0 Å². The molecule has 82 valence electrons. The molecule has 1 aliphatic rings. The summed E-state index contributed by atoms with van der Waals surface area (Å²) < 4.78 is 0. The molecule has 0 saturated heterocycles. The Bertz CT molecular complexity index is 323. The van der Waals surface area contributed by atoms with E-state index < -0.39 is 0 Å². The van der Waals surface area contributed by atoms with Crippen LogP contribution in [0.4, 0.5) is 5.69 Å². The predicted molar refractivity (Wildman–Crippen MR) is 65.2 cm³/mol. The lowest BCUT2D eigenvalue weighted by molar-refractivity contribution is 0.247. The van der Waals surface area contributed by atoms with Crippen LogP contribution in [0.15, 0.2) is 24.3 Å². The van der Waals surface area contributed by atoms with E-state index in [2.05, 4.69) is 43.3 Å². The summed E-state index contributed by atoms with van der Waals surface area (Å²) in [5.74, 6) is 0. The first-order valence-corrected chi connectivity index (χ1v) is 5.64. The Hall–Kier alpha value is -1.02. The Morgan fingerprint density at radius 3 is 2.20 bits per heavy atom. The zero-order chi connectivity index (χ0) is 10.9. The average molecular weight is 204 g/mol. The summed E-state index contributed by atoms with van der Waals surface area (Å²) in [5.41, 5.74) is 8.93. The molecule has 0 heterocycles. The first-order chi connectivity index (χ1) is 7.09. The second-order valence-electron chi connectivity index (χ2n) is 4.95. The lowest BCUT2D eigenvalue weighted by Crippen LogP contribution is -2.48. The third-order valence-electron chi connectivity index (χ3n) is 3.36. The van der Waals surface area contributed by atoms with Gasteiger partial charge in [0, 0.05) is 25.3 Å². The summed E-state index contributed by atoms with van der Waals surface area (Å²) in [7, 11) is 4.12. The van der Waals surface area contributed by atoms with Gasteiger partial charge in [-0.15, -0.1) is 0 Å². The van der Waals surface area contributed by atoms with Crippen LogP contribution in [0.25, 0.3) is 0 Å². The van der Waals surface area contributed by atoms with Crippen molar-refractivity contribution in [2.24, 2.45) is 5.73 Å². The molecule has 0 spiro atoms. The van der Waals surface area contributed by atoms with Gasteiger partial charge in [-0.3, -0.25) is 0 Å². The van der Waals surface area contributed by atoms with Gasteiger partial charge >= 0.3 is 0 Å². The lowest BCUT2D eigenvalue weighted by atomic mass is 9.74. The molecule has 1 saturated carbocycles. The van der Waals surface area contributed by atoms with Crippen molar-refractivity contribution in [1.82, 2.24) is 0 Å². The van der Waals surface area contributed by atoms with Crippen LogP contribution in [-0.2, 0) is 6.42 Å². The third-order valence-corrected chi connectivity index (χ3v) is 3.36. The smallest absolute Gasteiger partial charge is 0.0361 e. The molecule has 0 aromatic heterocycles. The van der Waals surface area contributed by atoms with Crippen LogP contribution >= 0.6 is 0 Å². The molecule has 0 aliphatic heterocycles. The van der Waals surface area contributed by atoms with Gasteiger partial charge in [0.1, 0.15) is 0 Å². The minimum Gasteiger partial charge on any atom is -0.378 e. The molecule has 2 N–H and O–H groups in total. The van der Waals surface area contributed by atoms with Crippen LogP contribution in [0.5, 0.6) is 0 Å². The van der Waals surface area contributed by atoms with Crippen molar-refractivity contribution in [3.63, 3.8) is 0 Å². The number of nitrogens with two attached hydrogens (primary N) is 1. The largest absolute Gasteiger partial charge is 0.378 e. The van der Waals surface area contributed by atoms with Crippen LogP contribution in [0.2, 0.25) is 0 Å². The van der Waals surface area contributed by atoms with E-state index in [1.165, 1.54) is 30.5 Å². The van der Waals surface area contributed by atoms with Crippen LogP contribution in [0.3, 0.4) is 0 Å². The number of anilines is 1. The summed E-state index contributed by atoms with van der Waals surface area (Å²) >= 11 is 0. The maximum absolute atomic E-state index is 6.22. The van der Waals surface area contributed by atoms with Gasteiger partial charge < -0.3 is 10.6 Å². The molecule has 0 amide bonds. The fourth-order valence-corrected chi connectivity index (χ4v) is 2.13. The van der Waals surface area contributed by atoms with E-state index in [1.807, 2.05) is 0 Å². The fourth-order valence-electron chi connectivity index (χ4n) is 2.13. The van der Waals surface area contributed by atoms with E-state index in [0.29, 0.717) is 0 Å². The monoisotopic (exact) mass is 204 g/mol. The zero-order valence-corrected chi connectivity index (χ0v) is 9.66. The van der Waals surface area contributed by atoms with Crippen molar-refractivity contribution in [3.05, 3.63) is 29.8 Å². The van der Waals surface area contributed by atoms with Gasteiger partial charge in [0.15, 0.2) is 0 Å². The topological polar surface area (TPSA) is 29.3 Å². The molecule has 1 fully saturated rings. The second-order valence-corrected chi connectivity index (χ2v) is 4.95. The predicted octanol–water partition coefficient (Wildman–Crippen LogP) is 2.18. The second kappa shape index (κ2) is 3.86. The third kappa shape index (κ3) is 2.32. The number of hydrogen-bond acceptors (Lipinski definition) is 2. The van der Waals surface area contributed by atoms with Crippen LogP contribution in [0.1, 0.15) is 24.8 Å². The Morgan fingerprint density at radius 2 is 1.80 bits per heavy atom. The average Bonchev–Trinajstić information content (AvgIpc) is 2.16. The SMILES string of the molecule is CN(C)c1ccc(CC2(N)CCC2)cc1. The molecule has 1 aromatic carbocycles. The summed E-state index contributed by atoms with van der Waals surface area (Å²) in [6.07, 6.45) is 4.69. The van der Waals surface area contributed by atoms with E-state index >= 15 is 0 Å². The lowest BCUT2D eigenvalue weighted by Gasteiger charge is -2.38. The first-order valence-electron chi connectivity index (χ1n) is 5.64. The Kier molecular flexibility index (Phi) is 2.70. The Morgan fingerprint density at radius 1 is 1.20 bits per heavy atom. The van der Waals surface area contributed by atoms with Gasteiger partial charge in [0.05, 0.1) is 0 Å². The van der Waals surface area contributed by atoms with Gasteiger partial charge in [0.2, 0.25) is 0 Å². The number of rotatable bonds is 3. The van der Waals surface area contributed by atoms with Gasteiger partial charge in [-0.1, -0.05) is 12.1 Å². The minimum absolute atomic E-state index is 0.0969. The standard InChI is InChI=1S/C13H20N2/c1-15(2)12-6-4-11(5-7-12)10-13(14)8-3-9-13/h4-7H,3,8-10,14H2,1-2H3. The van der Waals surface area contributed by atoms with Crippen molar-refractivity contribution < 1.29 is 0 Å². The Labute approximate surface area is 92.1 Å². The Balaban J connectivity index is 2.04. The summed E-state index contributed by atoms with van der Waals surface area (Å²) in [6, 6.07) is 8.72. The summed E-state index contributed by atoms with van der Waals surface area (Å²) in [4.78, 5) is 2.12. The molecule has 2 nitrogen and oxygen atoms in total. The molecule has 0 atom stereocenters. The van der Waals surface area contributed by atoms with Crippen molar-refractivity contribution in [3.8, 4) is 0 Å². The zero-order valence-electron chi connectivity index (χ0n) is 9.66. The van der Waals surface area contributed by atoms with Crippen LogP contribution in [0, 0.1) is 0 Å². The van der Waals surface area contributed by atoms with Gasteiger partial charge in [-0.05, 0) is 43.4 Å². The van der Waals surface area contributed by atoms with Crippen LogP contribution < -0.4 is 10.6 Å². The van der Waals surface area contributed by atoms with Crippen molar-refractivity contribution >= 4 is 5.69 Å². The minimum atomic E-state index is 0.0969. The fraction of sp³-hybridized carbons (Fsp3) is 0.538. The van der Waals surface area contributed by atoms with Crippen molar-refractivity contribution in [2.45, 2.75) is 31.2 Å². The van der Waals surface area contributed by atoms with Gasteiger partial charge in [0.25, 0.3) is 0 Å². The highest BCUT2D eigenvalue weighted by Crippen LogP contribution is 2.32. The normalized spacial score (nSPS) is 18.3. The highest BCUT2D eigenvalue weighted by Gasteiger charge is 2.32. The highest BCUT2D eigenvalue weighted by molar-refractivity contribution is 5.46. The molecular formula is C13H20N2. The van der Waals surface area contributed by atoms with Crippen LogP contribution in [-0.4, -0.2) is 19.6 Å². The van der Waals surface area contributed by atoms with E-state index in [-0.39, 0.29) is 5.54 Å². The quantitative estimate of drug-likeness (QED) is 0.817. The maximum Gasteiger partial charge on any atom is 0.0361 e. The summed E-state index contributed by atoms with van der Waals surface area (Å²) in [6.45, 7) is 0. The maximum atomic E-state index is 6.22. The first kappa shape index (κ1) is 10.5.